The van der Waals surface area contributed by atoms with Crippen molar-refractivity contribution in [3.8, 4) is 0 Å². The third kappa shape index (κ3) is 5.69. The van der Waals surface area contributed by atoms with Gasteiger partial charge in [-0.05, 0) is 35.9 Å². The molecular formula is C19H20BrCl2N3O. The highest BCUT2D eigenvalue weighted by atomic mass is 79.9. The average Bonchev–Trinajstić information content (AvgIpc) is 2.59. The average molecular weight is 457 g/mol. The van der Waals surface area contributed by atoms with E-state index in [9.17, 15) is 4.79 Å². The lowest BCUT2D eigenvalue weighted by Crippen LogP contribution is -2.48. The van der Waals surface area contributed by atoms with Crippen LogP contribution in [-0.4, -0.2) is 48.4 Å². The minimum Gasteiger partial charge on any atom is -0.324 e. The molecular weight excluding hydrogens is 437 g/mol. The molecule has 1 aliphatic heterocycles. The molecule has 1 N–H and O–H groups in total. The molecule has 0 atom stereocenters. The van der Waals surface area contributed by atoms with Gasteiger partial charge in [0.15, 0.2) is 0 Å². The van der Waals surface area contributed by atoms with Crippen LogP contribution in [0.5, 0.6) is 0 Å². The molecule has 0 aromatic heterocycles. The largest absolute Gasteiger partial charge is 0.324 e. The van der Waals surface area contributed by atoms with E-state index in [0.717, 1.165) is 42.2 Å². The Morgan fingerprint density at radius 1 is 1.04 bits per heavy atom. The van der Waals surface area contributed by atoms with Gasteiger partial charge in [0.1, 0.15) is 0 Å². The van der Waals surface area contributed by atoms with Crippen molar-refractivity contribution in [1.29, 1.82) is 0 Å². The fourth-order valence-corrected chi connectivity index (χ4v) is 3.92. The number of nitrogens with zero attached hydrogens (tertiary/aromatic N) is 2. The summed E-state index contributed by atoms with van der Waals surface area (Å²) >= 11 is 15.6. The minimum atomic E-state index is -0.0440. The Balaban J connectivity index is 1.45. The maximum absolute atomic E-state index is 12.3. The highest BCUT2D eigenvalue weighted by molar-refractivity contribution is 9.10. The molecule has 138 valence electrons. The van der Waals surface area contributed by atoms with E-state index in [2.05, 4.69) is 37.1 Å². The number of carbonyl (C=O) groups excluding carboxylic acids is 1. The van der Waals surface area contributed by atoms with Gasteiger partial charge in [-0.25, -0.2) is 0 Å². The van der Waals surface area contributed by atoms with Gasteiger partial charge in [-0.2, -0.15) is 0 Å². The molecule has 0 spiro atoms. The Morgan fingerprint density at radius 3 is 2.46 bits per heavy atom. The first-order chi connectivity index (χ1) is 12.5. The molecule has 1 aliphatic rings. The van der Waals surface area contributed by atoms with Gasteiger partial charge in [0.05, 0.1) is 17.3 Å². The van der Waals surface area contributed by atoms with Gasteiger partial charge in [-0.1, -0.05) is 51.3 Å². The van der Waals surface area contributed by atoms with Crippen LogP contribution in [0, 0.1) is 0 Å². The third-order valence-electron chi connectivity index (χ3n) is 4.33. The minimum absolute atomic E-state index is 0.0440. The molecule has 1 fully saturated rings. The van der Waals surface area contributed by atoms with E-state index in [-0.39, 0.29) is 5.91 Å². The summed E-state index contributed by atoms with van der Waals surface area (Å²) in [6, 6.07) is 13.4. The summed E-state index contributed by atoms with van der Waals surface area (Å²) in [5, 5.41) is 4.18. The number of nitrogens with one attached hydrogen (secondary N) is 1. The van der Waals surface area contributed by atoms with Crippen molar-refractivity contribution in [2.75, 3.05) is 38.0 Å². The van der Waals surface area contributed by atoms with Crippen LogP contribution >= 0.6 is 39.1 Å². The monoisotopic (exact) mass is 455 g/mol. The SMILES string of the molecule is O=C(CN1CCN(Cc2cccc(Cl)c2)CC1)Nc1ccc(Br)cc1Cl. The molecule has 0 bridgehead atoms. The zero-order valence-electron chi connectivity index (χ0n) is 14.2. The lowest BCUT2D eigenvalue weighted by atomic mass is 10.2. The van der Waals surface area contributed by atoms with Gasteiger partial charge in [0.2, 0.25) is 5.91 Å². The number of hydrogen-bond donors (Lipinski definition) is 1. The number of amides is 1. The summed E-state index contributed by atoms with van der Waals surface area (Å²) in [6.07, 6.45) is 0. The first kappa shape index (κ1) is 19.6. The van der Waals surface area contributed by atoms with Crippen LogP contribution < -0.4 is 5.32 Å². The maximum Gasteiger partial charge on any atom is 0.238 e. The van der Waals surface area contributed by atoms with E-state index in [0.29, 0.717) is 17.3 Å². The van der Waals surface area contributed by atoms with Gasteiger partial charge in [-0.15, -0.1) is 0 Å². The Hall–Kier alpha value is -1.11. The van der Waals surface area contributed by atoms with E-state index >= 15 is 0 Å². The Bertz CT molecular complexity index is 779. The molecule has 2 aromatic rings. The number of carbonyl (C=O) groups is 1. The van der Waals surface area contributed by atoms with E-state index in [1.54, 1.807) is 12.1 Å². The first-order valence-corrected chi connectivity index (χ1v) is 9.98. The highest BCUT2D eigenvalue weighted by Gasteiger charge is 2.19. The summed E-state index contributed by atoms with van der Waals surface area (Å²) < 4.78 is 0.885. The summed E-state index contributed by atoms with van der Waals surface area (Å²) in [7, 11) is 0. The number of benzene rings is 2. The molecule has 1 amide bonds. The molecule has 1 saturated heterocycles. The van der Waals surface area contributed by atoms with Gasteiger partial charge >= 0.3 is 0 Å². The van der Waals surface area contributed by atoms with Crippen molar-refractivity contribution < 1.29 is 4.79 Å². The first-order valence-electron chi connectivity index (χ1n) is 8.43. The summed E-state index contributed by atoms with van der Waals surface area (Å²) in [4.78, 5) is 16.8. The quantitative estimate of drug-likeness (QED) is 0.718. The summed E-state index contributed by atoms with van der Waals surface area (Å²) in [5.41, 5.74) is 1.85. The Morgan fingerprint density at radius 2 is 1.77 bits per heavy atom. The number of piperazine rings is 1. The molecule has 26 heavy (non-hydrogen) atoms. The van der Waals surface area contributed by atoms with Crippen molar-refractivity contribution in [1.82, 2.24) is 9.80 Å². The smallest absolute Gasteiger partial charge is 0.238 e. The molecule has 7 heteroatoms. The molecule has 0 radical (unpaired) electrons. The summed E-state index contributed by atoms with van der Waals surface area (Å²) in [6.45, 7) is 4.84. The standard InChI is InChI=1S/C19H20BrCl2N3O/c20-15-4-5-18(17(22)11-15)23-19(26)13-25-8-6-24(7-9-25)12-14-2-1-3-16(21)10-14/h1-5,10-11H,6-9,12-13H2,(H,23,26). The highest BCUT2D eigenvalue weighted by Crippen LogP contribution is 2.25. The molecule has 0 unspecified atom stereocenters. The molecule has 0 aliphatic carbocycles. The Kier molecular flexibility index (Phi) is 6.95. The van der Waals surface area contributed by atoms with Gasteiger partial charge in [-0.3, -0.25) is 14.6 Å². The van der Waals surface area contributed by atoms with Crippen LogP contribution in [-0.2, 0) is 11.3 Å². The van der Waals surface area contributed by atoms with E-state index < -0.39 is 0 Å². The lowest BCUT2D eigenvalue weighted by molar-refractivity contribution is -0.117. The van der Waals surface area contributed by atoms with Crippen molar-refractivity contribution in [2.45, 2.75) is 6.54 Å². The van der Waals surface area contributed by atoms with Crippen LogP contribution in [0.1, 0.15) is 5.56 Å². The van der Waals surface area contributed by atoms with Gasteiger partial charge in [0.25, 0.3) is 0 Å². The van der Waals surface area contributed by atoms with Crippen molar-refractivity contribution in [2.24, 2.45) is 0 Å². The second-order valence-corrected chi connectivity index (χ2v) is 8.11. The van der Waals surface area contributed by atoms with E-state index in [4.69, 9.17) is 23.2 Å². The predicted molar refractivity (Wildman–Crippen MR) is 111 cm³/mol. The lowest BCUT2D eigenvalue weighted by Gasteiger charge is -2.34. The number of hydrogen-bond acceptors (Lipinski definition) is 3. The summed E-state index contributed by atoms with van der Waals surface area (Å²) in [5.74, 6) is -0.0440. The molecule has 4 nitrogen and oxygen atoms in total. The van der Waals surface area contributed by atoms with Crippen LogP contribution in [0.15, 0.2) is 46.9 Å². The zero-order valence-corrected chi connectivity index (χ0v) is 17.3. The van der Waals surface area contributed by atoms with Gasteiger partial charge in [0, 0.05) is 42.2 Å². The fourth-order valence-electron chi connectivity index (χ4n) is 2.98. The van der Waals surface area contributed by atoms with Crippen LogP contribution in [0.25, 0.3) is 0 Å². The second-order valence-electron chi connectivity index (χ2n) is 6.35. The molecule has 3 rings (SSSR count). The predicted octanol–water partition coefficient (Wildman–Crippen LogP) is 4.51. The van der Waals surface area contributed by atoms with Crippen molar-refractivity contribution >= 4 is 50.7 Å². The van der Waals surface area contributed by atoms with E-state index in [1.807, 2.05) is 24.3 Å². The second kappa shape index (κ2) is 9.20. The van der Waals surface area contributed by atoms with Crippen LogP contribution in [0.2, 0.25) is 10.0 Å². The normalized spacial score (nSPS) is 15.8. The van der Waals surface area contributed by atoms with Gasteiger partial charge < -0.3 is 5.32 Å². The van der Waals surface area contributed by atoms with Crippen molar-refractivity contribution in [3.63, 3.8) is 0 Å². The number of rotatable bonds is 5. The third-order valence-corrected chi connectivity index (χ3v) is 5.37. The topological polar surface area (TPSA) is 35.6 Å². The van der Waals surface area contributed by atoms with E-state index in [1.165, 1.54) is 5.56 Å². The zero-order chi connectivity index (χ0) is 18.5. The molecule has 2 aromatic carbocycles. The number of anilines is 1. The van der Waals surface area contributed by atoms with Crippen molar-refractivity contribution in [3.05, 3.63) is 62.5 Å². The maximum atomic E-state index is 12.3. The fraction of sp³-hybridized carbons (Fsp3) is 0.316. The van der Waals surface area contributed by atoms with Crippen LogP contribution in [0.4, 0.5) is 5.69 Å². The number of halogens is 3. The Labute approximate surface area is 172 Å². The molecule has 0 saturated carbocycles. The molecule has 1 heterocycles. The van der Waals surface area contributed by atoms with Crippen LogP contribution in [0.3, 0.4) is 0 Å².